The van der Waals surface area contributed by atoms with E-state index >= 15 is 0 Å². The van der Waals surface area contributed by atoms with Gasteiger partial charge in [-0.15, -0.1) is 0 Å². The maximum absolute atomic E-state index is 11.3. The molecule has 0 saturated heterocycles. The number of hydrogen-bond acceptors (Lipinski definition) is 3. The van der Waals surface area contributed by atoms with E-state index in [9.17, 15) is 14.7 Å². The molecule has 4 heteroatoms. The number of benzene rings is 1. The van der Waals surface area contributed by atoms with Gasteiger partial charge in [0, 0.05) is 18.0 Å². The normalized spacial score (nSPS) is 8.86. The van der Waals surface area contributed by atoms with E-state index in [0.29, 0.717) is 5.56 Å². The molecule has 0 saturated carbocycles. The second kappa shape index (κ2) is 6.54. The summed E-state index contributed by atoms with van der Waals surface area (Å²) in [5.41, 5.74) is 0.545. The number of carbonyl (C=O) groups excluding carboxylic acids is 2. The van der Waals surface area contributed by atoms with Gasteiger partial charge in [-0.3, -0.25) is 4.79 Å². The number of hydrogen-bond donors (Lipinski definition) is 0. The minimum Gasteiger partial charge on any atom is -0.550 e. The summed E-state index contributed by atoms with van der Waals surface area (Å²) in [6.07, 6.45) is -0.208. The Morgan fingerprint density at radius 3 is 2.14 bits per heavy atom. The Morgan fingerprint density at radius 1 is 1.07 bits per heavy atom. The van der Waals surface area contributed by atoms with Gasteiger partial charge in [0.25, 0.3) is 0 Å². The van der Waals surface area contributed by atoms with E-state index in [0.717, 1.165) is 0 Å². The Kier molecular flexibility index (Phi) is 6.12. The Hall–Kier alpha value is -0.900. The molecule has 0 fully saturated rings. The summed E-state index contributed by atoms with van der Waals surface area (Å²) in [6.45, 7) is 0. The van der Waals surface area contributed by atoms with Crippen molar-refractivity contribution in [1.29, 1.82) is 0 Å². The molecular weight excluding hydrogens is 276 g/mol. The molecule has 0 N–H and O–H groups in total. The number of Topliss-reactive ketones (excluding diaryl/α,β-unsaturated/α-hetero) is 1. The van der Waals surface area contributed by atoms with Crippen LogP contribution in [-0.2, 0) is 27.2 Å². The molecule has 0 atom stereocenters. The second-order valence-corrected chi connectivity index (χ2v) is 2.66. The summed E-state index contributed by atoms with van der Waals surface area (Å²) in [4.78, 5) is 21.3. The average molecular weight is 285 g/mol. The Labute approximate surface area is 97.6 Å². The fraction of sp³-hybridized carbons (Fsp3) is 0.200. The van der Waals surface area contributed by atoms with Gasteiger partial charge in [0.05, 0.1) is 0 Å². The van der Waals surface area contributed by atoms with Gasteiger partial charge in [-0.05, 0) is 6.42 Å². The molecule has 0 aliphatic heterocycles. The first kappa shape index (κ1) is 13.1. The van der Waals surface area contributed by atoms with Crippen molar-refractivity contribution >= 4 is 11.8 Å². The fourth-order valence-corrected chi connectivity index (χ4v) is 0.984. The van der Waals surface area contributed by atoms with Crippen LogP contribution in [0, 0.1) is 0 Å². The van der Waals surface area contributed by atoms with E-state index in [1.807, 2.05) is 0 Å². The van der Waals surface area contributed by atoms with E-state index in [1.54, 1.807) is 30.3 Å². The molecule has 1 aromatic rings. The summed E-state index contributed by atoms with van der Waals surface area (Å²) in [6, 6.07) is 8.61. The zero-order valence-electron chi connectivity index (χ0n) is 7.33. The molecule has 0 heterocycles. The van der Waals surface area contributed by atoms with Crippen molar-refractivity contribution in [2.24, 2.45) is 0 Å². The molecular formula is C10H9AgO3. The van der Waals surface area contributed by atoms with E-state index in [2.05, 4.69) is 0 Å². The fourth-order valence-electron chi connectivity index (χ4n) is 0.984. The Balaban J connectivity index is 0.00000169. The van der Waals surface area contributed by atoms with Crippen LogP contribution in [0.4, 0.5) is 0 Å². The molecule has 78 valence electrons. The van der Waals surface area contributed by atoms with Gasteiger partial charge < -0.3 is 9.90 Å². The van der Waals surface area contributed by atoms with Crippen LogP contribution in [0.25, 0.3) is 0 Å². The maximum Gasteiger partial charge on any atom is 1.00 e. The van der Waals surface area contributed by atoms with E-state index < -0.39 is 5.97 Å². The number of carbonyl (C=O) groups is 2. The van der Waals surface area contributed by atoms with Crippen LogP contribution in [0.15, 0.2) is 30.3 Å². The average Bonchev–Trinajstić information content (AvgIpc) is 2.15. The molecule has 0 aromatic heterocycles. The predicted octanol–water partition coefficient (Wildman–Crippen LogP) is 0.397. The molecule has 0 unspecified atom stereocenters. The van der Waals surface area contributed by atoms with Gasteiger partial charge in [-0.25, -0.2) is 0 Å². The van der Waals surface area contributed by atoms with Crippen molar-refractivity contribution in [3.05, 3.63) is 35.9 Å². The molecule has 14 heavy (non-hydrogen) atoms. The van der Waals surface area contributed by atoms with Gasteiger partial charge in [-0.1, -0.05) is 30.3 Å². The first-order valence-corrected chi connectivity index (χ1v) is 3.98. The third kappa shape index (κ3) is 4.37. The van der Waals surface area contributed by atoms with Crippen molar-refractivity contribution in [2.75, 3.05) is 0 Å². The van der Waals surface area contributed by atoms with Crippen LogP contribution in [0.5, 0.6) is 0 Å². The van der Waals surface area contributed by atoms with Crippen LogP contribution >= 0.6 is 0 Å². The van der Waals surface area contributed by atoms with Crippen molar-refractivity contribution in [2.45, 2.75) is 12.8 Å². The molecule has 1 aromatic carbocycles. The van der Waals surface area contributed by atoms with E-state index in [-0.39, 0.29) is 41.0 Å². The summed E-state index contributed by atoms with van der Waals surface area (Å²) >= 11 is 0. The number of ketones is 1. The number of rotatable bonds is 4. The van der Waals surface area contributed by atoms with Crippen LogP contribution in [0.3, 0.4) is 0 Å². The predicted molar refractivity (Wildman–Crippen MR) is 45.0 cm³/mol. The van der Waals surface area contributed by atoms with Crippen molar-refractivity contribution in [3.8, 4) is 0 Å². The summed E-state index contributed by atoms with van der Waals surface area (Å²) in [5, 5.41) is 10.1. The van der Waals surface area contributed by atoms with Gasteiger partial charge >= 0.3 is 22.4 Å². The molecule has 1 rings (SSSR count). The molecule has 0 radical (unpaired) electrons. The minimum atomic E-state index is -1.19. The van der Waals surface area contributed by atoms with Gasteiger partial charge in [0.1, 0.15) is 0 Å². The van der Waals surface area contributed by atoms with Crippen LogP contribution in [-0.4, -0.2) is 11.8 Å². The molecule has 0 amide bonds. The van der Waals surface area contributed by atoms with Crippen molar-refractivity contribution in [3.63, 3.8) is 0 Å². The quantitative estimate of drug-likeness (QED) is 0.594. The van der Waals surface area contributed by atoms with Crippen LogP contribution in [0.2, 0.25) is 0 Å². The summed E-state index contributed by atoms with van der Waals surface area (Å²) in [7, 11) is 0. The number of carboxylic acid groups (broad SMARTS) is 1. The smallest absolute Gasteiger partial charge is 0.550 e. The van der Waals surface area contributed by atoms with E-state index in [4.69, 9.17) is 0 Å². The Bertz CT molecular complexity index is 308. The zero-order valence-corrected chi connectivity index (χ0v) is 8.81. The van der Waals surface area contributed by atoms with Gasteiger partial charge in [-0.2, -0.15) is 0 Å². The first-order chi connectivity index (χ1) is 6.20. The molecule has 0 aliphatic carbocycles. The third-order valence-corrected chi connectivity index (χ3v) is 1.65. The van der Waals surface area contributed by atoms with Gasteiger partial charge in [0.2, 0.25) is 0 Å². The monoisotopic (exact) mass is 284 g/mol. The Morgan fingerprint density at radius 2 is 1.64 bits per heavy atom. The topological polar surface area (TPSA) is 57.2 Å². The second-order valence-electron chi connectivity index (χ2n) is 2.66. The summed E-state index contributed by atoms with van der Waals surface area (Å²) < 4.78 is 0. The van der Waals surface area contributed by atoms with E-state index in [1.165, 1.54) is 0 Å². The number of aliphatic carboxylic acids is 1. The standard InChI is InChI=1S/C10H10O3.Ag/c11-9(6-7-10(12)13)8-4-2-1-3-5-8;/h1-5H,6-7H2,(H,12,13);/q;+1/p-1. The maximum atomic E-state index is 11.3. The van der Waals surface area contributed by atoms with Crippen molar-refractivity contribution in [1.82, 2.24) is 0 Å². The van der Waals surface area contributed by atoms with Crippen molar-refractivity contribution < 1.29 is 37.1 Å². The number of carboxylic acids is 1. The molecule has 0 spiro atoms. The third-order valence-electron chi connectivity index (χ3n) is 1.65. The molecule has 0 aliphatic rings. The van der Waals surface area contributed by atoms with Crippen LogP contribution in [0.1, 0.15) is 23.2 Å². The largest absolute Gasteiger partial charge is 1.00 e. The summed E-state index contributed by atoms with van der Waals surface area (Å²) in [5.74, 6) is -1.35. The SMILES string of the molecule is O=C([O-])CCC(=O)c1ccccc1.[Ag+]. The molecule has 3 nitrogen and oxygen atoms in total. The first-order valence-electron chi connectivity index (χ1n) is 3.98. The molecule has 0 bridgehead atoms. The van der Waals surface area contributed by atoms with Crippen LogP contribution < -0.4 is 5.11 Å². The zero-order chi connectivity index (χ0) is 9.68. The minimum absolute atomic E-state index is 0. The van der Waals surface area contributed by atoms with Gasteiger partial charge in [0.15, 0.2) is 5.78 Å².